The summed E-state index contributed by atoms with van der Waals surface area (Å²) in [5, 5.41) is 8.43. The van der Waals surface area contributed by atoms with Crippen LogP contribution in [0.1, 0.15) is 5.56 Å². The predicted octanol–water partition coefficient (Wildman–Crippen LogP) is 2.82. The first-order chi connectivity index (χ1) is 9.60. The highest BCUT2D eigenvalue weighted by Crippen LogP contribution is 2.19. The lowest BCUT2D eigenvalue weighted by molar-refractivity contribution is -0.875. The third kappa shape index (κ3) is 3.32. The van der Waals surface area contributed by atoms with Crippen LogP contribution < -0.4 is 14.5 Å². The van der Waals surface area contributed by atoms with Gasteiger partial charge in [-0.2, -0.15) is 0 Å². The molecule has 0 aliphatic rings. The Hall–Kier alpha value is -2.43. The molecule has 1 aromatic heterocycles. The number of rotatable bonds is 4. The Morgan fingerprint density at radius 2 is 1.70 bits per heavy atom. The lowest BCUT2D eigenvalue weighted by atomic mass is 10.3. The molecule has 0 spiro atoms. The fourth-order valence-corrected chi connectivity index (χ4v) is 1.72. The summed E-state index contributed by atoms with van der Waals surface area (Å²) in [7, 11) is 5.61. The molecule has 5 heteroatoms. The second-order valence-corrected chi connectivity index (χ2v) is 4.68. The van der Waals surface area contributed by atoms with Gasteiger partial charge in [0, 0.05) is 25.8 Å². The van der Waals surface area contributed by atoms with Gasteiger partial charge in [0.25, 0.3) is 0 Å². The maximum atomic E-state index is 5.22. The quantitative estimate of drug-likeness (QED) is 0.634. The summed E-state index contributed by atoms with van der Waals surface area (Å²) >= 11 is 0. The Balaban J connectivity index is 2.20. The van der Waals surface area contributed by atoms with Crippen LogP contribution >= 0.6 is 0 Å². The van der Waals surface area contributed by atoms with Gasteiger partial charge in [0.05, 0.1) is 5.11 Å². The van der Waals surface area contributed by atoms with Gasteiger partial charge < -0.3 is 9.74 Å². The molecule has 0 fully saturated rings. The van der Waals surface area contributed by atoms with Crippen molar-refractivity contribution < 1.29 is 9.57 Å². The van der Waals surface area contributed by atoms with Gasteiger partial charge in [0.1, 0.15) is 19.0 Å². The predicted molar refractivity (Wildman–Crippen MR) is 78.8 cm³/mol. The lowest BCUT2D eigenvalue weighted by Crippen LogP contribution is -2.40. The molecular formula is C15H19N4O+. The Kier molecular flexibility index (Phi) is 4.30. The number of aromatic nitrogens is 1. The van der Waals surface area contributed by atoms with Crippen molar-refractivity contribution in [3.05, 3.63) is 48.2 Å². The molecule has 0 N–H and O–H groups in total. The molecule has 0 radical (unpaired) electrons. The highest BCUT2D eigenvalue weighted by Gasteiger charge is 2.10. The van der Waals surface area contributed by atoms with Crippen molar-refractivity contribution in [1.29, 1.82) is 0 Å². The van der Waals surface area contributed by atoms with Gasteiger partial charge in [-0.15, -0.1) is 0 Å². The summed E-state index contributed by atoms with van der Waals surface area (Å²) in [4.78, 5) is 7.26. The van der Waals surface area contributed by atoms with Gasteiger partial charge in [-0.05, 0) is 52.7 Å². The zero-order chi connectivity index (χ0) is 14.5. The molecule has 0 aliphatic heterocycles. The molecule has 0 bridgehead atoms. The molecule has 0 saturated heterocycles. The Labute approximate surface area is 119 Å². The van der Waals surface area contributed by atoms with E-state index in [1.807, 2.05) is 68.5 Å². The largest absolute Gasteiger partial charge is 0.388 e. The van der Waals surface area contributed by atoms with Crippen molar-refractivity contribution in [1.82, 2.24) is 0 Å². The number of aryl methyl sites for hydroxylation is 1. The van der Waals surface area contributed by atoms with E-state index in [-0.39, 0.29) is 0 Å². The van der Waals surface area contributed by atoms with Crippen molar-refractivity contribution in [3.63, 3.8) is 0 Å². The van der Waals surface area contributed by atoms with E-state index >= 15 is 0 Å². The van der Waals surface area contributed by atoms with Crippen LogP contribution in [0, 0.1) is 6.92 Å². The fourth-order valence-electron chi connectivity index (χ4n) is 1.72. The SMILES string of the molecule is CO[n+]1cc(C)ccc1N=Nc1ccc(N(C)C)cc1. The molecule has 20 heavy (non-hydrogen) atoms. The van der Waals surface area contributed by atoms with Gasteiger partial charge in [-0.25, -0.2) is 0 Å². The van der Waals surface area contributed by atoms with Crippen LogP contribution in [0.5, 0.6) is 0 Å². The van der Waals surface area contributed by atoms with Gasteiger partial charge in [0.15, 0.2) is 0 Å². The van der Waals surface area contributed by atoms with E-state index < -0.39 is 0 Å². The summed E-state index contributed by atoms with van der Waals surface area (Å²) in [5.41, 5.74) is 3.03. The molecule has 0 unspecified atom stereocenters. The van der Waals surface area contributed by atoms with Crippen LogP contribution in [0.15, 0.2) is 52.8 Å². The summed E-state index contributed by atoms with van der Waals surface area (Å²) < 4.78 is 1.59. The average molecular weight is 271 g/mol. The molecular weight excluding hydrogens is 252 g/mol. The van der Waals surface area contributed by atoms with Crippen molar-refractivity contribution in [3.8, 4) is 0 Å². The molecule has 104 valence electrons. The van der Waals surface area contributed by atoms with Crippen LogP contribution in [-0.4, -0.2) is 21.2 Å². The highest BCUT2D eigenvalue weighted by molar-refractivity contribution is 5.51. The molecule has 1 aromatic carbocycles. The van der Waals surface area contributed by atoms with Gasteiger partial charge in [-0.1, -0.05) is 0 Å². The van der Waals surface area contributed by atoms with Gasteiger partial charge in [-0.3, -0.25) is 0 Å². The first kappa shape index (κ1) is 14.0. The Bertz CT molecular complexity index is 606. The summed E-state index contributed by atoms with van der Waals surface area (Å²) in [6, 6.07) is 11.7. The number of benzene rings is 1. The number of nitrogens with zero attached hydrogens (tertiary/aromatic N) is 4. The van der Waals surface area contributed by atoms with Crippen LogP contribution in [0.3, 0.4) is 0 Å². The second kappa shape index (κ2) is 6.14. The maximum Gasteiger partial charge on any atom is 0.388 e. The van der Waals surface area contributed by atoms with Crippen LogP contribution in [0.4, 0.5) is 17.2 Å². The fraction of sp³-hybridized carbons (Fsp3) is 0.267. The van der Waals surface area contributed by atoms with E-state index in [9.17, 15) is 0 Å². The van der Waals surface area contributed by atoms with E-state index in [4.69, 9.17) is 4.84 Å². The van der Waals surface area contributed by atoms with Crippen molar-refractivity contribution in [2.24, 2.45) is 10.2 Å². The number of hydrogen-bond donors (Lipinski definition) is 0. The van der Waals surface area contributed by atoms with Gasteiger partial charge in [0.2, 0.25) is 0 Å². The molecule has 0 saturated carbocycles. The summed E-state index contributed by atoms with van der Waals surface area (Å²) in [6.45, 7) is 2.00. The first-order valence-electron chi connectivity index (χ1n) is 6.36. The third-order valence-corrected chi connectivity index (χ3v) is 2.87. The Morgan fingerprint density at radius 3 is 2.30 bits per heavy atom. The average Bonchev–Trinajstić information content (AvgIpc) is 2.46. The van der Waals surface area contributed by atoms with Gasteiger partial charge >= 0.3 is 5.82 Å². The maximum absolute atomic E-state index is 5.22. The van der Waals surface area contributed by atoms with Crippen molar-refractivity contribution in [2.75, 3.05) is 26.1 Å². The van der Waals surface area contributed by atoms with Crippen molar-refractivity contribution in [2.45, 2.75) is 6.92 Å². The lowest BCUT2D eigenvalue weighted by Gasteiger charge is -2.11. The van der Waals surface area contributed by atoms with E-state index in [0.717, 1.165) is 16.9 Å². The summed E-state index contributed by atoms with van der Waals surface area (Å²) in [6.07, 6.45) is 1.86. The molecule has 5 nitrogen and oxygen atoms in total. The number of azo groups is 1. The second-order valence-electron chi connectivity index (χ2n) is 4.68. The standard InChI is InChI=1S/C15H19N4O/c1-12-5-10-15(19(11-12)20-4)17-16-13-6-8-14(9-7-13)18(2)3/h5-11H,1-4H3/q+1. The molecule has 0 amide bonds. The topological polar surface area (TPSA) is 41.1 Å². The minimum Gasteiger partial charge on any atom is -0.378 e. The molecule has 2 rings (SSSR count). The summed E-state index contributed by atoms with van der Waals surface area (Å²) in [5.74, 6) is 0.648. The zero-order valence-electron chi connectivity index (χ0n) is 12.2. The smallest absolute Gasteiger partial charge is 0.378 e. The minimum atomic E-state index is 0.648. The highest BCUT2D eigenvalue weighted by atomic mass is 16.6. The van der Waals surface area contributed by atoms with E-state index in [1.54, 1.807) is 11.8 Å². The van der Waals surface area contributed by atoms with E-state index in [0.29, 0.717) is 5.82 Å². The Morgan fingerprint density at radius 1 is 1.00 bits per heavy atom. The van der Waals surface area contributed by atoms with Crippen LogP contribution in [-0.2, 0) is 0 Å². The number of anilines is 1. The first-order valence-corrected chi connectivity index (χ1v) is 6.36. The molecule has 0 atom stereocenters. The monoisotopic (exact) mass is 271 g/mol. The minimum absolute atomic E-state index is 0.648. The number of hydrogen-bond acceptors (Lipinski definition) is 4. The van der Waals surface area contributed by atoms with Crippen LogP contribution in [0.2, 0.25) is 0 Å². The van der Waals surface area contributed by atoms with Crippen LogP contribution in [0.25, 0.3) is 0 Å². The molecule has 2 aromatic rings. The molecule has 0 aliphatic carbocycles. The molecule has 1 heterocycles. The zero-order valence-corrected chi connectivity index (χ0v) is 12.2. The normalized spacial score (nSPS) is 10.8. The van der Waals surface area contributed by atoms with E-state index in [2.05, 4.69) is 10.2 Å². The third-order valence-electron chi connectivity index (χ3n) is 2.87. The van der Waals surface area contributed by atoms with Crippen molar-refractivity contribution >= 4 is 17.2 Å². The number of pyridine rings is 1. The van der Waals surface area contributed by atoms with E-state index in [1.165, 1.54) is 0 Å².